The fourth-order valence-electron chi connectivity index (χ4n) is 2.31. The Hall–Kier alpha value is -3.01. The Labute approximate surface area is 189 Å². The topological polar surface area (TPSA) is 63.2 Å². The largest absolute Gasteiger partial charge is 0.359 e. The zero-order valence-electron chi connectivity index (χ0n) is 19.5. The quantitative estimate of drug-likeness (QED) is 0.329. The number of benzene rings is 2. The Morgan fingerprint density at radius 2 is 1.29 bits per heavy atom. The molecule has 2 aromatic rings. The van der Waals surface area contributed by atoms with Crippen LogP contribution in [0.25, 0.3) is 11.1 Å². The molecule has 4 heteroatoms. The minimum absolute atomic E-state index is 0. The smallest absolute Gasteiger partial charge is 0.230 e. The lowest BCUT2D eigenvalue weighted by Crippen LogP contribution is -2.30. The molecule has 0 bridgehead atoms. The highest BCUT2D eigenvalue weighted by Gasteiger charge is 2.17. The number of hydrogen-bond acceptors (Lipinski definition) is 3. The number of ketones is 2. The molecule has 0 aromatic heterocycles. The van der Waals surface area contributed by atoms with Crippen LogP contribution in [-0.2, 0) is 9.59 Å². The van der Waals surface area contributed by atoms with Gasteiger partial charge in [-0.25, -0.2) is 0 Å². The molecule has 2 rings (SSSR count). The van der Waals surface area contributed by atoms with Crippen molar-refractivity contribution in [3.8, 4) is 11.1 Å². The molecule has 0 aliphatic heterocycles. The maximum atomic E-state index is 11.1. The Bertz CT molecular complexity index is 746. The molecule has 1 N–H and O–H groups in total. The molecule has 0 spiro atoms. The van der Waals surface area contributed by atoms with Gasteiger partial charge in [-0.15, -0.1) is 13.2 Å². The summed E-state index contributed by atoms with van der Waals surface area (Å²) in [6, 6.07) is 16.1. The molecule has 1 amide bonds. The van der Waals surface area contributed by atoms with E-state index in [2.05, 4.69) is 49.7 Å². The van der Waals surface area contributed by atoms with Crippen LogP contribution >= 0.6 is 0 Å². The summed E-state index contributed by atoms with van der Waals surface area (Å²) < 4.78 is 0. The van der Waals surface area contributed by atoms with Crippen molar-refractivity contribution in [1.82, 2.24) is 5.32 Å². The van der Waals surface area contributed by atoms with E-state index in [4.69, 9.17) is 0 Å². The van der Waals surface area contributed by atoms with Gasteiger partial charge in [-0.1, -0.05) is 82.3 Å². The summed E-state index contributed by atoms with van der Waals surface area (Å²) in [6.07, 6.45) is 0.425. The van der Waals surface area contributed by atoms with Crippen LogP contribution in [0, 0.1) is 12.8 Å². The molecule has 0 heterocycles. The second kappa shape index (κ2) is 19.0. The van der Waals surface area contributed by atoms with E-state index in [0.717, 1.165) is 11.1 Å². The highest BCUT2D eigenvalue weighted by molar-refractivity contribution is 6.00. The van der Waals surface area contributed by atoms with E-state index in [-0.39, 0.29) is 24.9 Å². The number of carbonyl (C=O) groups is 3. The number of amides is 1. The first-order chi connectivity index (χ1) is 14.3. The van der Waals surface area contributed by atoms with Crippen LogP contribution in [0.4, 0.5) is 0 Å². The van der Waals surface area contributed by atoms with Crippen molar-refractivity contribution >= 4 is 17.5 Å². The Morgan fingerprint density at radius 1 is 0.903 bits per heavy atom. The lowest BCUT2D eigenvalue weighted by atomic mass is 10.0. The van der Waals surface area contributed by atoms with E-state index < -0.39 is 5.92 Å². The fraction of sp³-hybridized carbons (Fsp3) is 0.370. The van der Waals surface area contributed by atoms with Crippen molar-refractivity contribution < 1.29 is 14.4 Å². The summed E-state index contributed by atoms with van der Waals surface area (Å²) in [5.41, 5.74) is 4.34. The minimum atomic E-state index is -0.491. The van der Waals surface area contributed by atoms with Gasteiger partial charge < -0.3 is 5.32 Å². The highest BCUT2D eigenvalue weighted by Crippen LogP contribution is 2.20. The van der Waals surface area contributed by atoms with Crippen molar-refractivity contribution in [3.63, 3.8) is 0 Å². The minimum Gasteiger partial charge on any atom is -0.359 e. The second-order valence-electron chi connectivity index (χ2n) is 6.16. The number of Topliss-reactive ketones (excluding diaryl/α,β-unsaturated/α-hetero) is 2. The molecule has 1 atom stereocenters. The van der Waals surface area contributed by atoms with Crippen molar-refractivity contribution in [2.75, 3.05) is 7.05 Å². The third-order valence-electron chi connectivity index (χ3n) is 4.15. The number of aryl methyl sites for hydroxylation is 1. The lowest BCUT2D eigenvalue weighted by molar-refractivity contribution is -0.132. The van der Waals surface area contributed by atoms with Crippen LogP contribution in [0.5, 0.6) is 0 Å². The highest BCUT2D eigenvalue weighted by atomic mass is 16.2. The Balaban J connectivity index is -0.000000457. The standard InChI is InChI=1S/C15H14O.C7H13NO2.C2H6.C2H4.CH4/c1-11-3-5-14(6-4-11)15-9-7-13(8-10-15)12(2)16;1-4-6(9)5(2)7(10)8-3;2*1-2;/h3-10H,1-2H3;5H,4H2,1-3H3,(H,8,10);1-2H3;1-2H2;1H4. The molecule has 0 saturated heterocycles. The number of nitrogens with one attached hydrogen (secondary N) is 1. The summed E-state index contributed by atoms with van der Waals surface area (Å²) in [4.78, 5) is 32.8. The number of rotatable bonds is 5. The van der Waals surface area contributed by atoms with Gasteiger partial charge >= 0.3 is 0 Å². The maximum Gasteiger partial charge on any atom is 0.230 e. The van der Waals surface area contributed by atoms with Gasteiger partial charge in [0.15, 0.2) is 5.78 Å². The van der Waals surface area contributed by atoms with Crippen LogP contribution in [0.15, 0.2) is 61.7 Å². The van der Waals surface area contributed by atoms with Crippen molar-refractivity contribution in [2.24, 2.45) is 5.92 Å². The van der Waals surface area contributed by atoms with Crippen LogP contribution in [0.1, 0.15) is 64.4 Å². The van der Waals surface area contributed by atoms with Gasteiger partial charge in [-0.2, -0.15) is 0 Å². The Morgan fingerprint density at radius 3 is 1.61 bits per heavy atom. The average Bonchev–Trinajstić information content (AvgIpc) is 2.81. The summed E-state index contributed by atoms with van der Waals surface area (Å²) in [5.74, 6) is -0.600. The third-order valence-corrected chi connectivity index (χ3v) is 4.15. The normalized spacial score (nSPS) is 9.52. The van der Waals surface area contributed by atoms with Crippen molar-refractivity contribution in [1.29, 1.82) is 0 Å². The summed E-state index contributed by atoms with van der Waals surface area (Å²) in [5, 5.41) is 2.42. The van der Waals surface area contributed by atoms with E-state index in [1.165, 1.54) is 18.2 Å². The van der Waals surface area contributed by atoms with Gasteiger partial charge in [0, 0.05) is 19.0 Å². The molecule has 0 saturated carbocycles. The van der Waals surface area contributed by atoms with E-state index in [0.29, 0.717) is 6.42 Å². The van der Waals surface area contributed by atoms with E-state index in [1.54, 1.807) is 20.8 Å². The van der Waals surface area contributed by atoms with Crippen LogP contribution in [0.3, 0.4) is 0 Å². The molecule has 0 radical (unpaired) electrons. The van der Waals surface area contributed by atoms with Crippen molar-refractivity contribution in [3.05, 3.63) is 72.8 Å². The molecule has 31 heavy (non-hydrogen) atoms. The summed E-state index contributed by atoms with van der Waals surface area (Å²) >= 11 is 0. The van der Waals surface area contributed by atoms with Gasteiger partial charge in [0.05, 0.1) is 5.92 Å². The third kappa shape index (κ3) is 12.3. The molecule has 0 aliphatic carbocycles. The molecule has 4 nitrogen and oxygen atoms in total. The SMILES string of the molecule is C.C=C.CC.CC(=O)c1ccc(-c2ccc(C)cc2)cc1.CCC(=O)C(C)C(=O)NC. The monoisotopic (exact) mass is 427 g/mol. The van der Waals surface area contributed by atoms with Crippen LogP contribution < -0.4 is 5.32 Å². The molecule has 1 unspecified atom stereocenters. The van der Waals surface area contributed by atoms with Gasteiger partial charge in [-0.3, -0.25) is 14.4 Å². The first kappa shape index (κ1) is 32.6. The predicted octanol–water partition coefficient (Wildman–Crippen LogP) is 6.68. The zero-order valence-corrected chi connectivity index (χ0v) is 19.5. The van der Waals surface area contributed by atoms with Crippen molar-refractivity contribution in [2.45, 2.75) is 55.4 Å². The summed E-state index contributed by atoms with van der Waals surface area (Å²) in [6.45, 7) is 17.0. The van der Waals surface area contributed by atoms with Gasteiger partial charge in [0.2, 0.25) is 5.91 Å². The van der Waals surface area contributed by atoms with Crippen LogP contribution in [0.2, 0.25) is 0 Å². The molecular formula is C27H41NO3. The molecular weight excluding hydrogens is 386 g/mol. The number of hydrogen-bond donors (Lipinski definition) is 1. The van der Waals surface area contributed by atoms with E-state index in [9.17, 15) is 14.4 Å². The molecule has 0 fully saturated rings. The van der Waals surface area contributed by atoms with Gasteiger partial charge in [0.25, 0.3) is 0 Å². The summed E-state index contributed by atoms with van der Waals surface area (Å²) in [7, 11) is 1.53. The molecule has 2 aromatic carbocycles. The van der Waals surface area contributed by atoms with Gasteiger partial charge in [0.1, 0.15) is 5.78 Å². The average molecular weight is 428 g/mol. The number of carbonyl (C=O) groups excluding carboxylic acids is 3. The Kier molecular flexibility index (Phi) is 20.0. The first-order valence-corrected chi connectivity index (χ1v) is 10.2. The maximum absolute atomic E-state index is 11.1. The van der Waals surface area contributed by atoms with E-state index in [1.807, 2.05) is 38.1 Å². The van der Waals surface area contributed by atoms with Crippen LogP contribution in [-0.4, -0.2) is 24.5 Å². The molecule has 0 aliphatic rings. The van der Waals surface area contributed by atoms with Gasteiger partial charge in [-0.05, 0) is 31.9 Å². The zero-order chi connectivity index (χ0) is 23.7. The predicted molar refractivity (Wildman–Crippen MR) is 134 cm³/mol. The molecule has 172 valence electrons. The lowest BCUT2D eigenvalue weighted by Gasteiger charge is -2.05. The second-order valence-corrected chi connectivity index (χ2v) is 6.16. The fourth-order valence-corrected chi connectivity index (χ4v) is 2.31. The first-order valence-electron chi connectivity index (χ1n) is 10.2. The van der Waals surface area contributed by atoms with E-state index >= 15 is 0 Å².